The Balaban J connectivity index is 1.92. The smallest absolute Gasteiger partial charge is 0.440 e. The van der Waals surface area contributed by atoms with Gasteiger partial charge in [-0.2, -0.15) is 13.2 Å². The molecule has 1 aromatic carbocycles. The zero-order chi connectivity index (χ0) is 22.8. The summed E-state index contributed by atoms with van der Waals surface area (Å²) in [5, 5.41) is 3.22. The second kappa shape index (κ2) is 8.13. The summed E-state index contributed by atoms with van der Waals surface area (Å²) in [5.74, 6) is -2.58. The van der Waals surface area contributed by atoms with Crippen LogP contribution in [0.5, 0.6) is 11.5 Å². The van der Waals surface area contributed by atoms with Crippen LogP contribution < -0.4 is 20.1 Å². The number of benzene rings is 1. The summed E-state index contributed by atoms with van der Waals surface area (Å²) in [6.07, 6.45) is -2.59. The lowest BCUT2D eigenvalue weighted by Gasteiger charge is -2.30. The number of urea groups is 1. The molecule has 1 aliphatic rings. The Hall–Kier alpha value is -3.83. The van der Waals surface area contributed by atoms with Crippen molar-refractivity contribution in [1.82, 2.24) is 20.5 Å². The Kier molecular flexibility index (Phi) is 5.73. The van der Waals surface area contributed by atoms with Gasteiger partial charge in [0.2, 0.25) is 0 Å². The van der Waals surface area contributed by atoms with Crippen LogP contribution in [0, 0.1) is 0 Å². The van der Waals surface area contributed by atoms with Crippen LogP contribution in [-0.4, -0.2) is 53.8 Å². The number of nitrogens with one attached hydrogen (secondary N) is 2. The molecular weight excluding hydrogens is 421 g/mol. The van der Waals surface area contributed by atoms with E-state index in [1.54, 1.807) is 10.6 Å². The highest BCUT2D eigenvalue weighted by atomic mass is 19.4. The number of halogens is 3. The number of hydrogen-bond acceptors (Lipinski definition) is 6. The highest BCUT2D eigenvalue weighted by Gasteiger charge is 2.68. The van der Waals surface area contributed by atoms with Crippen molar-refractivity contribution in [2.45, 2.75) is 18.4 Å². The minimum absolute atomic E-state index is 0.0937. The van der Waals surface area contributed by atoms with Crippen molar-refractivity contribution in [1.29, 1.82) is 0 Å². The van der Waals surface area contributed by atoms with Gasteiger partial charge in [0.15, 0.2) is 11.5 Å². The number of amides is 4. The van der Waals surface area contributed by atoms with Gasteiger partial charge in [-0.1, -0.05) is 6.07 Å². The fourth-order valence-electron chi connectivity index (χ4n) is 2.96. The maximum Gasteiger partial charge on any atom is 0.440 e. The minimum atomic E-state index is -5.32. The van der Waals surface area contributed by atoms with Crippen molar-refractivity contribution < 1.29 is 37.0 Å². The van der Waals surface area contributed by atoms with Gasteiger partial charge in [-0.15, -0.1) is 0 Å². The molecule has 2 heterocycles. The van der Waals surface area contributed by atoms with E-state index in [1.165, 1.54) is 50.9 Å². The normalized spacial score (nSPS) is 18.5. The number of carbonyl (C=O) groups is 3. The zero-order valence-electron chi connectivity index (χ0n) is 16.3. The van der Waals surface area contributed by atoms with E-state index >= 15 is 0 Å². The molecule has 1 atom stereocenters. The van der Waals surface area contributed by atoms with E-state index in [1.807, 2.05) is 0 Å². The summed E-state index contributed by atoms with van der Waals surface area (Å²) in [5.41, 5.74) is -3.54. The topological polar surface area (TPSA) is 110 Å². The van der Waals surface area contributed by atoms with E-state index < -0.39 is 36.2 Å². The van der Waals surface area contributed by atoms with E-state index in [-0.39, 0.29) is 17.1 Å². The highest BCUT2D eigenvalue weighted by Crippen LogP contribution is 2.35. The lowest BCUT2D eigenvalue weighted by Crippen LogP contribution is -2.69. The third kappa shape index (κ3) is 3.96. The summed E-state index contributed by atoms with van der Waals surface area (Å²) < 4.78 is 51.9. The average molecular weight is 438 g/mol. The molecule has 0 bridgehead atoms. The van der Waals surface area contributed by atoms with Crippen LogP contribution in [-0.2, 0) is 11.3 Å². The zero-order valence-corrected chi connectivity index (χ0v) is 16.3. The van der Waals surface area contributed by atoms with Gasteiger partial charge >= 0.3 is 12.2 Å². The number of aromatic nitrogens is 1. The summed E-state index contributed by atoms with van der Waals surface area (Å²) >= 11 is 0. The van der Waals surface area contributed by atoms with Gasteiger partial charge < -0.3 is 14.8 Å². The van der Waals surface area contributed by atoms with Crippen LogP contribution in [0.15, 0.2) is 42.7 Å². The Bertz CT molecular complexity index is 1020. The molecule has 0 spiro atoms. The Morgan fingerprint density at radius 1 is 1.19 bits per heavy atom. The number of methoxy groups -OCH3 is 2. The van der Waals surface area contributed by atoms with Crippen molar-refractivity contribution >= 4 is 17.8 Å². The number of pyridine rings is 1. The minimum Gasteiger partial charge on any atom is -0.493 e. The van der Waals surface area contributed by atoms with E-state index in [0.717, 1.165) is 6.07 Å². The van der Waals surface area contributed by atoms with Crippen LogP contribution in [0.2, 0.25) is 0 Å². The number of hydrogen-bond donors (Lipinski definition) is 2. The van der Waals surface area contributed by atoms with E-state index in [2.05, 4.69) is 4.98 Å². The fourth-order valence-corrected chi connectivity index (χ4v) is 2.96. The van der Waals surface area contributed by atoms with Crippen molar-refractivity contribution in [3.8, 4) is 11.5 Å². The quantitative estimate of drug-likeness (QED) is 0.666. The second-order valence-corrected chi connectivity index (χ2v) is 6.45. The Morgan fingerprint density at radius 2 is 1.90 bits per heavy atom. The molecule has 2 aromatic rings. The SMILES string of the molecule is COc1ccc(C(=O)NC2(C(F)(F)F)NC(=O)N(Cc3cccnc3)C2=O)cc1OC. The van der Waals surface area contributed by atoms with Crippen molar-refractivity contribution in [2.75, 3.05) is 14.2 Å². The first-order valence-electron chi connectivity index (χ1n) is 8.77. The van der Waals surface area contributed by atoms with Crippen LogP contribution in [0.25, 0.3) is 0 Å². The molecule has 12 heteroatoms. The largest absolute Gasteiger partial charge is 0.493 e. The third-order valence-electron chi connectivity index (χ3n) is 4.54. The molecule has 164 valence electrons. The average Bonchev–Trinajstić information content (AvgIpc) is 2.98. The molecule has 1 aliphatic heterocycles. The molecule has 0 aliphatic carbocycles. The number of rotatable bonds is 6. The Labute approximate surface area is 174 Å². The number of carbonyl (C=O) groups excluding carboxylic acids is 3. The molecule has 3 rings (SSSR count). The van der Waals surface area contributed by atoms with Gasteiger partial charge in [-0.25, -0.2) is 4.79 Å². The lowest BCUT2D eigenvalue weighted by molar-refractivity contribution is -0.200. The summed E-state index contributed by atoms with van der Waals surface area (Å²) in [7, 11) is 2.63. The lowest BCUT2D eigenvalue weighted by atomic mass is 10.1. The first-order valence-corrected chi connectivity index (χ1v) is 8.77. The van der Waals surface area contributed by atoms with Crippen LogP contribution in [0.1, 0.15) is 15.9 Å². The van der Waals surface area contributed by atoms with Crippen LogP contribution in [0.3, 0.4) is 0 Å². The predicted octanol–water partition coefficient (Wildman–Crippen LogP) is 1.84. The number of imide groups is 1. The van der Waals surface area contributed by atoms with Crippen LogP contribution >= 0.6 is 0 Å². The first kappa shape index (κ1) is 21.9. The Morgan fingerprint density at radius 3 is 2.48 bits per heavy atom. The van der Waals surface area contributed by atoms with Crippen molar-refractivity contribution in [3.63, 3.8) is 0 Å². The van der Waals surface area contributed by atoms with Gasteiger partial charge in [0.1, 0.15) is 0 Å². The number of nitrogens with zero attached hydrogens (tertiary/aromatic N) is 2. The van der Waals surface area contributed by atoms with Gasteiger partial charge in [0, 0.05) is 18.0 Å². The number of ether oxygens (including phenoxy) is 2. The maximum absolute atomic E-state index is 14.0. The summed E-state index contributed by atoms with van der Waals surface area (Å²) in [6, 6.07) is 5.34. The molecule has 1 fully saturated rings. The monoisotopic (exact) mass is 438 g/mol. The highest BCUT2D eigenvalue weighted by molar-refractivity contribution is 6.10. The van der Waals surface area contributed by atoms with Gasteiger partial charge in [0.25, 0.3) is 17.5 Å². The van der Waals surface area contributed by atoms with Crippen LogP contribution in [0.4, 0.5) is 18.0 Å². The first-order chi connectivity index (χ1) is 14.6. The van der Waals surface area contributed by atoms with E-state index in [9.17, 15) is 27.6 Å². The maximum atomic E-state index is 14.0. The molecule has 9 nitrogen and oxygen atoms in total. The third-order valence-corrected chi connectivity index (χ3v) is 4.54. The summed E-state index contributed by atoms with van der Waals surface area (Å²) in [4.78, 5) is 41.7. The van der Waals surface area contributed by atoms with Crippen molar-refractivity contribution in [3.05, 3.63) is 53.9 Å². The molecule has 1 aromatic heterocycles. The standard InChI is InChI=1S/C19H17F3N4O5/c1-30-13-6-5-12(8-14(13)31-2)15(27)24-18(19(20,21)22)16(28)26(17(29)25-18)10-11-4-3-7-23-9-11/h3-9H,10H2,1-2H3,(H,24,27)(H,25,29). The fraction of sp³-hybridized carbons (Fsp3) is 0.263. The molecule has 1 saturated heterocycles. The van der Waals surface area contributed by atoms with Crippen molar-refractivity contribution in [2.24, 2.45) is 0 Å². The molecule has 1 unspecified atom stereocenters. The van der Waals surface area contributed by atoms with Gasteiger partial charge in [0.05, 0.1) is 20.8 Å². The van der Waals surface area contributed by atoms with E-state index in [4.69, 9.17) is 9.47 Å². The summed E-state index contributed by atoms with van der Waals surface area (Å²) in [6.45, 7) is -0.456. The molecule has 2 N–H and O–H groups in total. The number of alkyl halides is 3. The van der Waals surface area contributed by atoms with Gasteiger partial charge in [-0.05, 0) is 29.8 Å². The molecule has 0 radical (unpaired) electrons. The predicted molar refractivity (Wildman–Crippen MR) is 99.1 cm³/mol. The molecular formula is C19H17F3N4O5. The molecule has 31 heavy (non-hydrogen) atoms. The molecule has 4 amide bonds. The van der Waals surface area contributed by atoms with E-state index in [0.29, 0.717) is 10.5 Å². The van der Waals surface area contributed by atoms with Gasteiger partial charge in [-0.3, -0.25) is 24.8 Å². The molecule has 0 saturated carbocycles. The second-order valence-electron chi connectivity index (χ2n) is 6.45.